The van der Waals surface area contributed by atoms with Crippen molar-refractivity contribution in [2.75, 3.05) is 12.4 Å². The maximum absolute atomic E-state index is 12.4. The summed E-state index contributed by atoms with van der Waals surface area (Å²) in [5.41, 5.74) is 5.71. The largest absolute Gasteiger partial charge is 0.497 e. The number of hydrogen-bond acceptors (Lipinski definition) is 6. The van der Waals surface area contributed by atoms with Crippen LogP contribution in [0.3, 0.4) is 0 Å². The third kappa shape index (κ3) is 4.29. The predicted molar refractivity (Wildman–Crippen MR) is 100 cm³/mol. The van der Waals surface area contributed by atoms with E-state index in [4.69, 9.17) is 15.2 Å². The summed E-state index contributed by atoms with van der Waals surface area (Å²) >= 11 is 0. The first kappa shape index (κ1) is 19.0. The zero-order chi connectivity index (χ0) is 20.1. The van der Waals surface area contributed by atoms with Crippen molar-refractivity contribution in [1.29, 1.82) is 0 Å². The number of rotatable bonds is 8. The van der Waals surface area contributed by atoms with Crippen molar-refractivity contribution in [3.63, 3.8) is 0 Å². The Morgan fingerprint density at radius 2 is 1.82 bits per heavy atom. The van der Waals surface area contributed by atoms with Crippen LogP contribution in [0.5, 0.6) is 11.5 Å². The molecule has 1 aromatic carbocycles. The Kier molecular flexibility index (Phi) is 5.58. The van der Waals surface area contributed by atoms with Crippen molar-refractivity contribution in [2.24, 2.45) is 5.73 Å². The van der Waals surface area contributed by atoms with Gasteiger partial charge in [0.15, 0.2) is 18.1 Å². The van der Waals surface area contributed by atoms with E-state index >= 15 is 0 Å². The molecule has 0 atom stereocenters. The normalized spacial score (nSPS) is 10.5. The Balaban J connectivity index is 1.63. The zero-order valence-electron chi connectivity index (χ0n) is 15.5. The Morgan fingerprint density at radius 3 is 2.46 bits per heavy atom. The molecule has 2 amide bonds. The third-order valence-corrected chi connectivity index (χ3v) is 3.86. The molecule has 0 saturated heterocycles. The van der Waals surface area contributed by atoms with Crippen molar-refractivity contribution < 1.29 is 19.1 Å². The van der Waals surface area contributed by atoms with Gasteiger partial charge in [0.05, 0.1) is 12.8 Å². The Morgan fingerprint density at radius 1 is 1.11 bits per heavy atom. The van der Waals surface area contributed by atoms with Gasteiger partial charge in [-0.05, 0) is 37.3 Å². The molecule has 0 saturated carbocycles. The molecule has 0 fully saturated rings. The minimum Gasteiger partial charge on any atom is -0.497 e. The molecule has 0 aliphatic carbocycles. The molecule has 0 spiro atoms. The minimum atomic E-state index is -0.721. The van der Waals surface area contributed by atoms with E-state index in [1.165, 1.54) is 9.36 Å². The number of aryl methyl sites for hydroxylation is 1. The molecule has 10 heteroatoms. The van der Waals surface area contributed by atoms with Gasteiger partial charge in [0.25, 0.3) is 11.8 Å². The zero-order valence-corrected chi connectivity index (χ0v) is 15.5. The van der Waals surface area contributed by atoms with Crippen molar-refractivity contribution in [3.8, 4) is 11.5 Å². The van der Waals surface area contributed by atoms with Gasteiger partial charge in [0, 0.05) is 18.9 Å². The van der Waals surface area contributed by atoms with E-state index in [0.717, 1.165) is 5.75 Å². The fourth-order valence-corrected chi connectivity index (χ4v) is 2.41. The number of benzene rings is 1. The molecule has 3 N–H and O–H groups in total. The van der Waals surface area contributed by atoms with E-state index in [1.807, 2.05) is 6.92 Å². The highest BCUT2D eigenvalue weighted by atomic mass is 16.5. The van der Waals surface area contributed by atoms with E-state index in [-0.39, 0.29) is 23.8 Å². The van der Waals surface area contributed by atoms with Gasteiger partial charge in [0.1, 0.15) is 11.5 Å². The van der Waals surface area contributed by atoms with Crippen molar-refractivity contribution in [3.05, 3.63) is 54.1 Å². The number of anilines is 1. The summed E-state index contributed by atoms with van der Waals surface area (Å²) in [5.74, 6) is 0.162. The molecular weight excluding hydrogens is 364 g/mol. The lowest BCUT2D eigenvalue weighted by atomic mass is 10.3. The van der Waals surface area contributed by atoms with Crippen LogP contribution < -0.4 is 20.5 Å². The van der Waals surface area contributed by atoms with Gasteiger partial charge >= 0.3 is 0 Å². The van der Waals surface area contributed by atoms with Crippen LogP contribution >= 0.6 is 0 Å². The van der Waals surface area contributed by atoms with Crippen molar-refractivity contribution >= 4 is 17.5 Å². The van der Waals surface area contributed by atoms with Crippen LogP contribution in [0.25, 0.3) is 0 Å². The number of hydrogen-bond donors (Lipinski definition) is 2. The van der Waals surface area contributed by atoms with E-state index in [2.05, 4.69) is 15.5 Å². The lowest BCUT2D eigenvalue weighted by molar-refractivity contribution is 0.0995. The van der Waals surface area contributed by atoms with E-state index < -0.39 is 11.8 Å². The predicted octanol–water partition coefficient (Wildman–Crippen LogP) is 1.50. The highest BCUT2D eigenvalue weighted by Crippen LogP contribution is 2.17. The van der Waals surface area contributed by atoms with Crippen LogP contribution in [0.4, 0.5) is 5.69 Å². The second kappa shape index (κ2) is 8.25. The van der Waals surface area contributed by atoms with Crippen LogP contribution in [-0.4, -0.2) is 38.5 Å². The SMILES string of the molecule is CCn1cc(NC(=O)c2ccn(COc3ccc(OC)cc3)n2)c(C(N)=O)n1. The molecule has 28 heavy (non-hydrogen) atoms. The number of amides is 2. The van der Waals surface area contributed by atoms with Crippen molar-refractivity contribution in [1.82, 2.24) is 19.6 Å². The number of nitrogens with two attached hydrogens (primary N) is 1. The summed E-state index contributed by atoms with van der Waals surface area (Å²) < 4.78 is 13.7. The molecule has 2 aromatic heterocycles. The van der Waals surface area contributed by atoms with Crippen LogP contribution in [-0.2, 0) is 13.3 Å². The number of carbonyl (C=O) groups excluding carboxylic acids is 2. The standard InChI is InChI=1S/C18H20N6O4/c1-3-23-10-15(16(22-23)17(19)25)20-18(26)14-8-9-24(21-14)11-28-13-6-4-12(27-2)5-7-13/h4-10H,3,11H2,1-2H3,(H2,19,25)(H,20,26). The van der Waals surface area contributed by atoms with Gasteiger partial charge in [-0.2, -0.15) is 10.2 Å². The Hall–Kier alpha value is -3.82. The quantitative estimate of drug-likeness (QED) is 0.606. The maximum Gasteiger partial charge on any atom is 0.276 e. The molecule has 2 heterocycles. The summed E-state index contributed by atoms with van der Waals surface area (Å²) in [5, 5.41) is 10.8. The highest BCUT2D eigenvalue weighted by Gasteiger charge is 2.18. The van der Waals surface area contributed by atoms with Gasteiger partial charge in [-0.1, -0.05) is 0 Å². The molecule has 0 bridgehead atoms. The Labute approximate surface area is 160 Å². The minimum absolute atomic E-state index is 0.00234. The van der Waals surface area contributed by atoms with E-state index in [9.17, 15) is 9.59 Å². The topological polar surface area (TPSA) is 126 Å². The highest BCUT2D eigenvalue weighted by molar-refractivity contribution is 6.06. The summed E-state index contributed by atoms with van der Waals surface area (Å²) in [4.78, 5) is 23.9. The first-order valence-corrected chi connectivity index (χ1v) is 8.49. The number of primary amides is 1. The number of carbonyl (C=O) groups is 2. The average molecular weight is 384 g/mol. The Bertz CT molecular complexity index is 976. The number of nitrogens with one attached hydrogen (secondary N) is 1. The summed E-state index contributed by atoms with van der Waals surface area (Å²) in [7, 11) is 1.59. The van der Waals surface area contributed by atoms with Crippen LogP contribution in [0, 0.1) is 0 Å². The molecule has 0 aliphatic rings. The lowest BCUT2D eigenvalue weighted by Crippen LogP contribution is -2.18. The van der Waals surface area contributed by atoms with Crippen LogP contribution in [0.1, 0.15) is 27.9 Å². The molecule has 3 rings (SSSR count). The molecule has 146 valence electrons. The molecule has 0 aliphatic heterocycles. The molecule has 10 nitrogen and oxygen atoms in total. The summed E-state index contributed by atoms with van der Waals surface area (Å²) in [6.07, 6.45) is 3.16. The smallest absolute Gasteiger partial charge is 0.276 e. The maximum atomic E-state index is 12.4. The second-order valence-electron chi connectivity index (χ2n) is 5.75. The van der Waals surface area contributed by atoms with Crippen molar-refractivity contribution in [2.45, 2.75) is 20.2 Å². The first-order valence-electron chi connectivity index (χ1n) is 8.49. The molecule has 0 radical (unpaired) electrons. The fraction of sp³-hybridized carbons (Fsp3) is 0.222. The summed E-state index contributed by atoms with van der Waals surface area (Å²) in [6.45, 7) is 2.52. The number of aromatic nitrogens is 4. The van der Waals surface area contributed by atoms with Gasteiger partial charge in [-0.3, -0.25) is 14.3 Å². The monoisotopic (exact) mass is 384 g/mol. The summed E-state index contributed by atoms with van der Waals surface area (Å²) in [6, 6.07) is 8.65. The molecular formula is C18H20N6O4. The fourth-order valence-electron chi connectivity index (χ4n) is 2.41. The second-order valence-corrected chi connectivity index (χ2v) is 5.75. The number of ether oxygens (including phenoxy) is 2. The molecule has 0 unspecified atom stereocenters. The van der Waals surface area contributed by atoms with Gasteiger partial charge in [-0.15, -0.1) is 0 Å². The van der Waals surface area contributed by atoms with Gasteiger partial charge < -0.3 is 20.5 Å². The van der Waals surface area contributed by atoms with E-state index in [0.29, 0.717) is 12.3 Å². The van der Waals surface area contributed by atoms with Crippen LogP contribution in [0.2, 0.25) is 0 Å². The lowest BCUT2D eigenvalue weighted by Gasteiger charge is -2.07. The van der Waals surface area contributed by atoms with Crippen LogP contribution in [0.15, 0.2) is 42.7 Å². The average Bonchev–Trinajstić information content (AvgIpc) is 3.33. The molecule has 3 aromatic rings. The van der Waals surface area contributed by atoms with Gasteiger partial charge in [0.2, 0.25) is 0 Å². The third-order valence-electron chi connectivity index (χ3n) is 3.86. The van der Waals surface area contributed by atoms with E-state index in [1.54, 1.807) is 49.8 Å². The van der Waals surface area contributed by atoms with Gasteiger partial charge in [-0.25, -0.2) is 4.68 Å². The first-order chi connectivity index (χ1) is 13.5. The number of nitrogens with zero attached hydrogens (tertiary/aromatic N) is 4. The number of methoxy groups -OCH3 is 1.